The summed E-state index contributed by atoms with van der Waals surface area (Å²) in [4.78, 5) is 0. The molecule has 0 aromatic carbocycles. The largest absolute Gasteiger partial charge is 0.395 e. The first-order chi connectivity index (χ1) is 12.2. The van der Waals surface area contributed by atoms with Crippen molar-refractivity contribution < 1.29 is 34.3 Å². The Balaban J connectivity index is 1.87. The van der Waals surface area contributed by atoms with Crippen molar-refractivity contribution in [3.63, 3.8) is 0 Å². The number of aliphatic hydroxyl groups excluding tert-OH is 3. The Morgan fingerprint density at radius 1 is 0.840 bits per heavy atom. The van der Waals surface area contributed by atoms with Crippen LogP contribution in [0.2, 0.25) is 0 Å². The van der Waals surface area contributed by atoms with Crippen molar-refractivity contribution in [2.24, 2.45) is 0 Å². The summed E-state index contributed by atoms with van der Waals surface area (Å²) in [5, 5.41) is 31.8. The molecule has 0 radical (unpaired) electrons. The maximum atomic E-state index is 9.97. The predicted octanol–water partition coefficient (Wildman–Crippen LogP) is -0.702. The van der Waals surface area contributed by atoms with Crippen LogP contribution in [0, 0.1) is 0 Å². The fourth-order valence-electron chi connectivity index (χ4n) is 2.66. The summed E-state index contributed by atoms with van der Waals surface area (Å²) in [6.45, 7) is 3.92. The molecule has 150 valence electrons. The van der Waals surface area contributed by atoms with Gasteiger partial charge < -0.3 is 39.6 Å². The molecule has 0 spiro atoms. The van der Waals surface area contributed by atoms with Gasteiger partial charge in [-0.15, -0.1) is 0 Å². The fourth-order valence-corrected chi connectivity index (χ4v) is 2.66. The lowest BCUT2D eigenvalue weighted by atomic mass is 9.96. The lowest BCUT2D eigenvalue weighted by Gasteiger charge is -2.37. The third kappa shape index (κ3) is 9.81. The zero-order valence-corrected chi connectivity index (χ0v) is 15.3. The second-order valence-electron chi connectivity index (χ2n) is 6.22. The molecule has 0 aromatic heterocycles. The molecule has 0 saturated carbocycles. The van der Waals surface area contributed by atoms with Crippen LogP contribution < -0.4 is 5.32 Å². The lowest BCUT2D eigenvalue weighted by Crippen LogP contribution is -2.61. The SMILES string of the molecule is COCCOCCOCCCCCCO[C@H]1CNC(CO)[C@@H](O)[C@@H]1O. The molecule has 1 rings (SSSR count). The van der Waals surface area contributed by atoms with Gasteiger partial charge in [0.05, 0.1) is 51.3 Å². The van der Waals surface area contributed by atoms with E-state index in [1.54, 1.807) is 7.11 Å². The van der Waals surface area contributed by atoms with Crippen LogP contribution in [0.3, 0.4) is 0 Å². The summed E-state index contributed by atoms with van der Waals surface area (Å²) in [5.74, 6) is 0. The predicted molar refractivity (Wildman–Crippen MR) is 92.6 cm³/mol. The first kappa shape index (κ1) is 22.7. The normalized spacial score (nSPS) is 26.9. The van der Waals surface area contributed by atoms with E-state index >= 15 is 0 Å². The number of nitrogens with one attached hydrogen (secondary N) is 1. The number of aliphatic hydroxyl groups is 3. The molecule has 8 heteroatoms. The van der Waals surface area contributed by atoms with Gasteiger partial charge in [-0.05, 0) is 12.8 Å². The number of ether oxygens (including phenoxy) is 4. The van der Waals surface area contributed by atoms with Crippen LogP contribution >= 0.6 is 0 Å². The van der Waals surface area contributed by atoms with E-state index in [0.717, 1.165) is 32.3 Å². The molecule has 1 fully saturated rings. The average Bonchev–Trinajstić information content (AvgIpc) is 2.62. The second kappa shape index (κ2) is 14.8. The van der Waals surface area contributed by atoms with Crippen LogP contribution in [-0.4, -0.2) is 99.6 Å². The molecule has 1 unspecified atom stereocenters. The number of unbranched alkanes of at least 4 members (excludes halogenated alkanes) is 3. The van der Waals surface area contributed by atoms with Crippen LogP contribution in [0.5, 0.6) is 0 Å². The monoisotopic (exact) mass is 365 g/mol. The minimum Gasteiger partial charge on any atom is -0.395 e. The van der Waals surface area contributed by atoms with Crippen LogP contribution in [0.15, 0.2) is 0 Å². The van der Waals surface area contributed by atoms with E-state index < -0.39 is 24.4 Å². The molecule has 4 N–H and O–H groups in total. The molecule has 1 heterocycles. The lowest BCUT2D eigenvalue weighted by molar-refractivity contribution is -0.124. The van der Waals surface area contributed by atoms with E-state index in [4.69, 9.17) is 24.1 Å². The summed E-state index contributed by atoms with van der Waals surface area (Å²) in [5.41, 5.74) is 0. The second-order valence-corrected chi connectivity index (χ2v) is 6.22. The van der Waals surface area contributed by atoms with Gasteiger partial charge in [-0.3, -0.25) is 0 Å². The van der Waals surface area contributed by atoms with Crippen molar-refractivity contribution in [3.8, 4) is 0 Å². The van der Waals surface area contributed by atoms with Crippen molar-refractivity contribution in [1.29, 1.82) is 0 Å². The number of hydrogen-bond donors (Lipinski definition) is 4. The van der Waals surface area contributed by atoms with Crippen molar-refractivity contribution >= 4 is 0 Å². The van der Waals surface area contributed by atoms with Gasteiger partial charge in [0, 0.05) is 26.9 Å². The van der Waals surface area contributed by atoms with Gasteiger partial charge in [0.2, 0.25) is 0 Å². The van der Waals surface area contributed by atoms with E-state index in [1.165, 1.54) is 0 Å². The van der Waals surface area contributed by atoms with E-state index in [9.17, 15) is 10.2 Å². The zero-order valence-electron chi connectivity index (χ0n) is 15.3. The molecule has 1 saturated heterocycles. The van der Waals surface area contributed by atoms with Crippen molar-refractivity contribution in [2.75, 3.05) is 59.9 Å². The maximum Gasteiger partial charge on any atom is 0.109 e. The molecule has 4 atom stereocenters. The summed E-state index contributed by atoms with van der Waals surface area (Å²) in [6.07, 6.45) is 1.61. The molecule has 0 aromatic rings. The van der Waals surface area contributed by atoms with Gasteiger partial charge in [0.15, 0.2) is 0 Å². The van der Waals surface area contributed by atoms with Crippen LogP contribution in [-0.2, 0) is 18.9 Å². The highest BCUT2D eigenvalue weighted by Gasteiger charge is 2.37. The molecule has 1 aliphatic rings. The Kier molecular flexibility index (Phi) is 13.5. The standard InChI is InChI=1S/C17H35NO7/c1-22-8-9-24-11-10-23-6-4-2-3-5-7-25-15-12-18-14(13-19)16(20)17(15)21/h14-21H,2-13H2,1H3/t14?,15-,16+,17+/m0/s1. The first-order valence-corrected chi connectivity index (χ1v) is 9.17. The Labute approximate surface area is 150 Å². The number of rotatable bonds is 15. The van der Waals surface area contributed by atoms with Crippen LogP contribution in [0.4, 0.5) is 0 Å². The minimum absolute atomic E-state index is 0.202. The van der Waals surface area contributed by atoms with Gasteiger partial charge >= 0.3 is 0 Å². The summed E-state index contributed by atoms with van der Waals surface area (Å²) >= 11 is 0. The molecule has 0 amide bonds. The highest BCUT2D eigenvalue weighted by molar-refractivity contribution is 4.92. The molecule has 25 heavy (non-hydrogen) atoms. The van der Waals surface area contributed by atoms with Gasteiger partial charge in [0.1, 0.15) is 6.10 Å². The number of hydrogen-bond acceptors (Lipinski definition) is 8. The van der Waals surface area contributed by atoms with Gasteiger partial charge in [-0.1, -0.05) is 12.8 Å². The van der Waals surface area contributed by atoms with E-state index in [1.807, 2.05) is 0 Å². The third-order valence-corrected chi connectivity index (χ3v) is 4.24. The highest BCUT2D eigenvalue weighted by Crippen LogP contribution is 2.14. The molecule has 0 bridgehead atoms. The smallest absolute Gasteiger partial charge is 0.109 e. The summed E-state index contributed by atoms with van der Waals surface area (Å²) < 4.78 is 21.3. The fraction of sp³-hybridized carbons (Fsp3) is 1.00. The third-order valence-electron chi connectivity index (χ3n) is 4.24. The zero-order chi connectivity index (χ0) is 18.3. The van der Waals surface area contributed by atoms with Crippen molar-refractivity contribution in [3.05, 3.63) is 0 Å². The number of methoxy groups -OCH3 is 1. The summed E-state index contributed by atoms with van der Waals surface area (Å²) in [7, 11) is 1.65. The van der Waals surface area contributed by atoms with Crippen LogP contribution in [0.25, 0.3) is 0 Å². The maximum absolute atomic E-state index is 9.97. The van der Waals surface area contributed by atoms with Gasteiger partial charge in [0.25, 0.3) is 0 Å². The minimum atomic E-state index is -1.00. The van der Waals surface area contributed by atoms with Gasteiger partial charge in [-0.2, -0.15) is 0 Å². The van der Waals surface area contributed by atoms with Crippen molar-refractivity contribution in [1.82, 2.24) is 5.32 Å². The van der Waals surface area contributed by atoms with Crippen LogP contribution in [0.1, 0.15) is 25.7 Å². The average molecular weight is 365 g/mol. The highest BCUT2D eigenvalue weighted by atomic mass is 16.5. The Morgan fingerprint density at radius 2 is 1.48 bits per heavy atom. The first-order valence-electron chi connectivity index (χ1n) is 9.17. The van der Waals surface area contributed by atoms with Crippen molar-refractivity contribution in [2.45, 2.75) is 50.0 Å². The van der Waals surface area contributed by atoms with Gasteiger partial charge in [-0.25, -0.2) is 0 Å². The van der Waals surface area contributed by atoms with E-state index in [2.05, 4.69) is 5.32 Å². The molecular weight excluding hydrogens is 330 g/mol. The molecule has 0 aliphatic carbocycles. The molecule has 8 nitrogen and oxygen atoms in total. The molecular formula is C17H35NO7. The Morgan fingerprint density at radius 3 is 2.16 bits per heavy atom. The Bertz CT molecular complexity index is 309. The summed E-state index contributed by atoms with van der Waals surface area (Å²) in [6, 6.07) is -0.486. The van der Waals surface area contributed by atoms with E-state index in [0.29, 0.717) is 39.6 Å². The number of piperidine rings is 1. The molecule has 1 aliphatic heterocycles. The quantitative estimate of drug-likeness (QED) is 0.282. The Hall–Kier alpha value is -0.320. The van der Waals surface area contributed by atoms with E-state index in [-0.39, 0.29) is 6.61 Å². The topological polar surface area (TPSA) is 110 Å².